The minimum atomic E-state index is 0.0142. The molecule has 128 valence electrons. The lowest BCUT2D eigenvalue weighted by Gasteiger charge is -2.26. The quantitative estimate of drug-likeness (QED) is 0.864. The number of nitrogens with zero attached hydrogens (tertiary/aromatic N) is 2. The maximum Gasteiger partial charge on any atom is 0.289 e. The van der Waals surface area contributed by atoms with Crippen LogP contribution in [0, 0.1) is 11.8 Å². The lowest BCUT2D eigenvalue weighted by atomic mass is 10.0. The van der Waals surface area contributed by atoms with E-state index in [0.29, 0.717) is 11.8 Å². The van der Waals surface area contributed by atoms with Gasteiger partial charge < -0.3 is 14.2 Å². The minimum Gasteiger partial charge on any atom is -0.451 e. The molecule has 2 unspecified atom stereocenters. The van der Waals surface area contributed by atoms with Crippen molar-refractivity contribution in [2.75, 3.05) is 21.1 Å². The predicted molar refractivity (Wildman–Crippen MR) is 95.0 cm³/mol. The molecular formula is C20H26N2O2. The molecular weight excluding hydrogens is 300 g/mol. The third-order valence-electron chi connectivity index (χ3n) is 6.20. The summed E-state index contributed by atoms with van der Waals surface area (Å²) in [6, 6.07) is 10.7. The standard InChI is InChI=1S/C20H26N2O2/c1-21(2)16-8-14-10-17(11-15(14)9-16)22(3)20(23)19-12-13-6-4-5-7-18(13)24-19/h4-7,12,14-17H,8-11H2,1-3H3/t14-,15+,16?,17?. The summed E-state index contributed by atoms with van der Waals surface area (Å²) in [7, 11) is 6.30. The predicted octanol–water partition coefficient (Wildman–Crippen LogP) is 3.62. The Balaban J connectivity index is 1.45. The van der Waals surface area contributed by atoms with Crippen LogP contribution in [0.1, 0.15) is 36.2 Å². The summed E-state index contributed by atoms with van der Waals surface area (Å²) in [4.78, 5) is 17.1. The number of carbonyl (C=O) groups is 1. The Morgan fingerprint density at radius 1 is 1.00 bits per heavy atom. The second kappa shape index (κ2) is 5.92. The molecule has 2 aromatic rings. The number of rotatable bonds is 3. The van der Waals surface area contributed by atoms with E-state index >= 15 is 0 Å². The van der Waals surface area contributed by atoms with Crippen molar-refractivity contribution in [2.24, 2.45) is 11.8 Å². The highest BCUT2D eigenvalue weighted by atomic mass is 16.3. The number of amides is 1. The van der Waals surface area contributed by atoms with Crippen LogP contribution in [-0.4, -0.2) is 48.9 Å². The molecule has 2 aliphatic carbocycles. The van der Waals surface area contributed by atoms with Gasteiger partial charge >= 0.3 is 0 Å². The Labute approximate surface area is 143 Å². The normalized spacial score (nSPS) is 29.3. The molecule has 1 amide bonds. The number of benzene rings is 1. The van der Waals surface area contributed by atoms with Crippen molar-refractivity contribution in [2.45, 2.75) is 37.8 Å². The first-order valence-corrected chi connectivity index (χ1v) is 8.95. The summed E-state index contributed by atoms with van der Waals surface area (Å²) >= 11 is 0. The fourth-order valence-corrected chi connectivity index (χ4v) is 4.72. The van der Waals surface area contributed by atoms with Gasteiger partial charge in [-0.2, -0.15) is 0 Å². The molecule has 24 heavy (non-hydrogen) atoms. The molecule has 4 atom stereocenters. The van der Waals surface area contributed by atoms with Crippen LogP contribution in [0.25, 0.3) is 11.0 Å². The van der Waals surface area contributed by atoms with Crippen LogP contribution in [0.4, 0.5) is 0 Å². The molecule has 4 heteroatoms. The van der Waals surface area contributed by atoms with Crippen LogP contribution in [-0.2, 0) is 0 Å². The second-order valence-electron chi connectivity index (χ2n) is 7.80. The van der Waals surface area contributed by atoms with Gasteiger partial charge in [0.2, 0.25) is 0 Å². The molecule has 0 N–H and O–H groups in total. The zero-order valence-corrected chi connectivity index (χ0v) is 14.7. The Bertz CT molecular complexity index is 704. The van der Waals surface area contributed by atoms with E-state index in [4.69, 9.17) is 4.42 Å². The van der Waals surface area contributed by atoms with Crippen molar-refractivity contribution in [3.8, 4) is 0 Å². The molecule has 1 aromatic carbocycles. The van der Waals surface area contributed by atoms with E-state index in [9.17, 15) is 4.79 Å². The topological polar surface area (TPSA) is 36.7 Å². The van der Waals surface area contributed by atoms with Crippen LogP contribution in [0.3, 0.4) is 0 Å². The number of furan rings is 1. The molecule has 0 aliphatic heterocycles. The van der Waals surface area contributed by atoms with E-state index in [1.54, 1.807) is 0 Å². The number of hydrogen-bond acceptors (Lipinski definition) is 3. The first kappa shape index (κ1) is 15.7. The molecule has 1 heterocycles. The van der Waals surface area contributed by atoms with Crippen molar-refractivity contribution < 1.29 is 9.21 Å². The fourth-order valence-electron chi connectivity index (χ4n) is 4.72. The summed E-state index contributed by atoms with van der Waals surface area (Å²) in [5.41, 5.74) is 0.784. The third-order valence-corrected chi connectivity index (χ3v) is 6.20. The van der Waals surface area contributed by atoms with E-state index in [0.717, 1.165) is 41.7 Å². The zero-order chi connectivity index (χ0) is 16.8. The minimum absolute atomic E-state index is 0.0142. The summed E-state index contributed by atoms with van der Waals surface area (Å²) in [6.07, 6.45) is 4.83. The summed E-state index contributed by atoms with van der Waals surface area (Å²) in [5.74, 6) is 2.02. The highest BCUT2D eigenvalue weighted by molar-refractivity contribution is 5.96. The van der Waals surface area contributed by atoms with Gasteiger partial charge in [-0.3, -0.25) is 4.79 Å². The van der Waals surface area contributed by atoms with Crippen LogP contribution >= 0.6 is 0 Å². The Morgan fingerprint density at radius 3 is 2.25 bits per heavy atom. The summed E-state index contributed by atoms with van der Waals surface area (Å²) in [6.45, 7) is 0. The van der Waals surface area contributed by atoms with E-state index in [1.807, 2.05) is 42.3 Å². The number of para-hydroxylation sites is 1. The van der Waals surface area contributed by atoms with Crippen molar-refractivity contribution >= 4 is 16.9 Å². The van der Waals surface area contributed by atoms with E-state index < -0.39 is 0 Å². The first-order chi connectivity index (χ1) is 11.5. The highest BCUT2D eigenvalue weighted by Crippen LogP contribution is 2.46. The summed E-state index contributed by atoms with van der Waals surface area (Å²) in [5, 5.41) is 0.992. The lowest BCUT2D eigenvalue weighted by Crippen LogP contribution is -2.36. The number of fused-ring (bicyclic) bond motifs is 2. The van der Waals surface area contributed by atoms with Gasteiger partial charge in [0.25, 0.3) is 5.91 Å². The van der Waals surface area contributed by atoms with Gasteiger partial charge in [0.1, 0.15) is 5.58 Å². The van der Waals surface area contributed by atoms with Crippen molar-refractivity contribution in [3.05, 3.63) is 36.1 Å². The van der Waals surface area contributed by atoms with Crippen molar-refractivity contribution in [1.29, 1.82) is 0 Å². The SMILES string of the molecule is CN(C)C1C[C@@H]2CC(N(C)C(=O)c3cc4ccccc4o3)C[C@@H]2C1. The number of carbonyl (C=O) groups excluding carboxylic acids is 1. The largest absolute Gasteiger partial charge is 0.451 e. The average Bonchev–Trinajstić information content (AvgIpc) is 3.24. The lowest BCUT2D eigenvalue weighted by molar-refractivity contribution is 0.0696. The summed E-state index contributed by atoms with van der Waals surface area (Å²) < 4.78 is 5.76. The van der Waals surface area contributed by atoms with E-state index in [1.165, 1.54) is 12.8 Å². The monoisotopic (exact) mass is 326 g/mol. The first-order valence-electron chi connectivity index (χ1n) is 8.95. The molecule has 0 radical (unpaired) electrons. The highest BCUT2D eigenvalue weighted by Gasteiger charge is 2.44. The van der Waals surface area contributed by atoms with Crippen LogP contribution in [0.5, 0.6) is 0 Å². The number of hydrogen-bond donors (Lipinski definition) is 0. The van der Waals surface area contributed by atoms with Gasteiger partial charge in [-0.1, -0.05) is 18.2 Å². The molecule has 4 nitrogen and oxygen atoms in total. The van der Waals surface area contributed by atoms with E-state index in [2.05, 4.69) is 19.0 Å². The van der Waals surface area contributed by atoms with Crippen LogP contribution in [0.2, 0.25) is 0 Å². The Morgan fingerprint density at radius 2 is 1.62 bits per heavy atom. The smallest absolute Gasteiger partial charge is 0.289 e. The zero-order valence-electron chi connectivity index (χ0n) is 14.7. The van der Waals surface area contributed by atoms with Gasteiger partial charge in [0.15, 0.2) is 5.76 Å². The van der Waals surface area contributed by atoms with E-state index in [-0.39, 0.29) is 5.91 Å². The molecule has 2 fully saturated rings. The Kier molecular flexibility index (Phi) is 3.87. The van der Waals surface area contributed by atoms with Gasteiger partial charge in [-0.25, -0.2) is 0 Å². The molecule has 0 spiro atoms. The van der Waals surface area contributed by atoms with Gasteiger partial charge in [-0.15, -0.1) is 0 Å². The third kappa shape index (κ3) is 2.63. The Hall–Kier alpha value is -1.81. The second-order valence-corrected chi connectivity index (χ2v) is 7.80. The fraction of sp³-hybridized carbons (Fsp3) is 0.550. The van der Waals surface area contributed by atoms with Crippen molar-refractivity contribution in [1.82, 2.24) is 9.80 Å². The molecule has 4 rings (SSSR count). The molecule has 0 saturated heterocycles. The maximum atomic E-state index is 12.8. The van der Waals surface area contributed by atoms with Gasteiger partial charge in [0.05, 0.1) is 0 Å². The molecule has 1 aromatic heterocycles. The van der Waals surface area contributed by atoms with Gasteiger partial charge in [0, 0.05) is 24.5 Å². The van der Waals surface area contributed by atoms with Crippen molar-refractivity contribution in [3.63, 3.8) is 0 Å². The molecule has 2 saturated carbocycles. The van der Waals surface area contributed by atoms with Crippen LogP contribution in [0.15, 0.2) is 34.7 Å². The van der Waals surface area contributed by atoms with Gasteiger partial charge in [-0.05, 0) is 63.7 Å². The molecule has 2 aliphatic rings. The average molecular weight is 326 g/mol. The van der Waals surface area contributed by atoms with Crippen LogP contribution < -0.4 is 0 Å². The maximum absolute atomic E-state index is 12.8. The molecule has 0 bridgehead atoms.